The summed E-state index contributed by atoms with van der Waals surface area (Å²) in [5, 5.41) is 8.92. The highest BCUT2D eigenvalue weighted by Gasteiger charge is 2.23. The molecule has 0 aliphatic carbocycles. The molecule has 0 aliphatic heterocycles. The summed E-state index contributed by atoms with van der Waals surface area (Å²) in [6, 6.07) is -0.230. The average Bonchev–Trinajstić information content (AvgIpc) is 2.31. The van der Waals surface area contributed by atoms with Gasteiger partial charge in [-0.25, -0.2) is 4.79 Å². The Labute approximate surface area is 121 Å². The largest absolute Gasteiger partial charge is 0.480 e. The second kappa shape index (κ2) is 9.58. The summed E-state index contributed by atoms with van der Waals surface area (Å²) in [6.45, 7) is 9.73. The molecular weight excluding hydrogens is 260 g/mol. The molecule has 0 aromatic rings. The van der Waals surface area contributed by atoms with Crippen LogP contribution in [0.25, 0.3) is 0 Å². The van der Waals surface area contributed by atoms with Gasteiger partial charge in [-0.2, -0.15) is 0 Å². The number of hydrogen-bond acceptors (Lipinski definition) is 3. The van der Waals surface area contributed by atoms with Crippen molar-refractivity contribution in [3.05, 3.63) is 0 Å². The Morgan fingerprint density at radius 1 is 1.05 bits per heavy atom. The highest BCUT2D eigenvalue weighted by Crippen LogP contribution is 2.08. The van der Waals surface area contributed by atoms with E-state index in [2.05, 4.69) is 0 Å². The third kappa shape index (κ3) is 7.99. The minimum atomic E-state index is -1.01. The normalized spacial score (nSPS) is 10.9. The highest BCUT2D eigenvalue weighted by molar-refractivity contribution is 5.80. The minimum Gasteiger partial charge on any atom is -0.480 e. The first-order valence-electron chi connectivity index (χ1n) is 7.02. The lowest BCUT2D eigenvalue weighted by Gasteiger charge is -2.32. The van der Waals surface area contributed by atoms with Crippen molar-refractivity contribution in [1.82, 2.24) is 9.80 Å². The number of carbonyl (C=O) groups excluding carboxylic acids is 1. The molecule has 118 valence electrons. The molecule has 20 heavy (non-hydrogen) atoms. The van der Waals surface area contributed by atoms with Crippen LogP contribution in [0.4, 0.5) is 4.79 Å². The average molecular weight is 288 g/mol. The first kappa shape index (κ1) is 18.7. The zero-order valence-electron chi connectivity index (χ0n) is 13.3. The molecule has 0 spiro atoms. The van der Waals surface area contributed by atoms with Gasteiger partial charge in [0.1, 0.15) is 6.54 Å². The summed E-state index contributed by atoms with van der Waals surface area (Å²) in [7, 11) is 1.53. The Morgan fingerprint density at radius 3 is 1.90 bits per heavy atom. The van der Waals surface area contributed by atoms with E-state index in [0.717, 1.165) is 0 Å². The van der Waals surface area contributed by atoms with Crippen LogP contribution in [0.15, 0.2) is 0 Å². The van der Waals surface area contributed by atoms with Gasteiger partial charge in [-0.15, -0.1) is 0 Å². The molecule has 6 heteroatoms. The molecule has 0 aromatic carbocycles. The number of amides is 2. The summed E-state index contributed by atoms with van der Waals surface area (Å²) >= 11 is 0. The van der Waals surface area contributed by atoms with Crippen LogP contribution >= 0.6 is 0 Å². The molecule has 1 N–H and O–H groups in total. The lowest BCUT2D eigenvalue weighted by molar-refractivity contribution is -0.137. The first-order chi connectivity index (χ1) is 9.27. The van der Waals surface area contributed by atoms with Crippen LogP contribution in [0.1, 0.15) is 27.7 Å². The maximum Gasteiger partial charge on any atom is 0.323 e. The molecule has 0 bridgehead atoms. The van der Waals surface area contributed by atoms with Crippen LogP contribution < -0.4 is 0 Å². The minimum absolute atomic E-state index is 0.230. The van der Waals surface area contributed by atoms with Crippen LogP contribution in [-0.2, 0) is 9.53 Å². The molecule has 0 fully saturated rings. The van der Waals surface area contributed by atoms with Gasteiger partial charge in [0.25, 0.3) is 0 Å². The van der Waals surface area contributed by atoms with Crippen molar-refractivity contribution < 1.29 is 19.4 Å². The third-order valence-electron chi connectivity index (χ3n) is 2.60. The molecule has 6 nitrogen and oxygen atoms in total. The SMILES string of the molecule is COCCN(CC(=O)O)C(=O)N(CC(C)C)CC(C)C. The van der Waals surface area contributed by atoms with Gasteiger partial charge < -0.3 is 19.6 Å². The Hall–Kier alpha value is -1.30. The molecule has 0 unspecified atom stereocenters. The van der Waals surface area contributed by atoms with E-state index in [4.69, 9.17) is 9.84 Å². The molecule has 0 rings (SSSR count). The molecule has 0 atom stereocenters. The van der Waals surface area contributed by atoms with Crippen molar-refractivity contribution in [1.29, 1.82) is 0 Å². The van der Waals surface area contributed by atoms with Crippen LogP contribution in [0, 0.1) is 11.8 Å². The van der Waals surface area contributed by atoms with E-state index in [-0.39, 0.29) is 19.1 Å². The molecule has 0 aromatic heterocycles. The summed E-state index contributed by atoms with van der Waals surface area (Å²) in [4.78, 5) is 26.4. The van der Waals surface area contributed by atoms with Crippen LogP contribution in [0.2, 0.25) is 0 Å². The summed E-state index contributed by atoms with van der Waals surface area (Å²) in [5.41, 5.74) is 0. The number of methoxy groups -OCH3 is 1. The Kier molecular flexibility index (Phi) is 8.96. The first-order valence-corrected chi connectivity index (χ1v) is 7.02. The van der Waals surface area contributed by atoms with Gasteiger partial charge in [0.15, 0.2) is 0 Å². The number of carbonyl (C=O) groups is 2. The van der Waals surface area contributed by atoms with Crippen molar-refractivity contribution in [3.8, 4) is 0 Å². The van der Waals surface area contributed by atoms with E-state index < -0.39 is 5.97 Å². The maximum absolute atomic E-state index is 12.5. The molecule has 0 saturated carbocycles. The van der Waals surface area contributed by atoms with Crippen molar-refractivity contribution in [3.63, 3.8) is 0 Å². The molecular formula is C14H28N2O4. The predicted molar refractivity (Wildman–Crippen MR) is 77.7 cm³/mol. The van der Waals surface area contributed by atoms with Crippen molar-refractivity contribution in [2.45, 2.75) is 27.7 Å². The van der Waals surface area contributed by atoms with Crippen molar-refractivity contribution >= 4 is 12.0 Å². The lowest BCUT2D eigenvalue weighted by Crippen LogP contribution is -2.48. The van der Waals surface area contributed by atoms with Crippen LogP contribution in [-0.4, -0.2) is 66.8 Å². The van der Waals surface area contributed by atoms with Crippen molar-refractivity contribution in [2.75, 3.05) is 39.9 Å². The van der Waals surface area contributed by atoms with Crippen molar-refractivity contribution in [2.24, 2.45) is 11.8 Å². The van der Waals surface area contributed by atoms with Crippen LogP contribution in [0.5, 0.6) is 0 Å². The number of urea groups is 1. The van der Waals surface area contributed by atoms with Gasteiger partial charge in [-0.05, 0) is 11.8 Å². The van der Waals surface area contributed by atoms with Gasteiger partial charge >= 0.3 is 12.0 Å². The van der Waals surface area contributed by atoms with Gasteiger partial charge in [0.2, 0.25) is 0 Å². The highest BCUT2D eigenvalue weighted by atomic mass is 16.5. The van der Waals surface area contributed by atoms with E-state index in [1.807, 2.05) is 27.7 Å². The maximum atomic E-state index is 12.5. The fourth-order valence-corrected chi connectivity index (χ4v) is 1.92. The van der Waals surface area contributed by atoms with Gasteiger partial charge in [-0.3, -0.25) is 4.79 Å². The van der Waals surface area contributed by atoms with E-state index in [1.165, 1.54) is 12.0 Å². The number of carboxylic acid groups (broad SMARTS) is 1. The summed E-state index contributed by atoms with van der Waals surface area (Å²) < 4.78 is 4.94. The monoisotopic (exact) mass is 288 g/mol. The molecule has 0 heterocycles. The fraction of sp³-hybridized carbons (Fsp3) is 0.857. The molecule has 0 radical (unpaired) electrons. The smallest absolute Gasteiger partial charge is 0.323 e. The Bertz CT molecular complexity index is 296. The van der Waals surface area contributed by atoms with Gasteiger partial charge in [0.05, 0.1) is 6.61 Å². The number of ether oxygens (including phenoxy) is 1. The van der Waals surface area contributed by atoms with E-state index in [0.29, 0.717) is 31.5 Å². The van der Waals surface area contributed by atoms with Crippen LogP contribution in [0.3, 0.4) is 0 Å². The van der Waals surface area contributed by atoms with E-state index in [9.17, 15) is 9.59 Å². The van der Waals surface area contributed by atoms with E-state index >= 15 is 0 Å². The Balaban J connectivity index is 4.86. The zero-order valence-corrected chi connectivity index (χ0v) is 13.3. The number of aliphatic carboxylic acids is 1. The quantitative estimate of drug-likeness (QED) is 0.702. The second-order valence-electron chi connectivity index (χ2n) is 5.78. The molecule has 0 saturated heterocycles. The van der Waals surface area contributed by atoms with Gasteiger partial charge in [-0.1, -0.05) is 27.7 Å². The number of nitrogens with zero attached hydrogens (tertiary/aromatic N) is 2. The number of carboxylic acids is 1. The lowest BCUT2D eigenvalue weighted by atomic mass is 10.1. The zero-order chi connectivity index (χ0) is 15.7. The second-order valence-corrected chi connectivity index (χ2v) is 5.78. The summed E-state index contributed by atoms with van der Waals surface area (Å²) in [5.74, 6) is -0.331. The molecule has 0 aliphatic rings. The third-order valence-corrected chi connectivity index (χ3v) is 2.60. The standard InChI is InChI=1S/C14H28N2O4/c1-11(2)8-16(9-12(3)4)14(19)15(6-7-20-5)10-13(17)18/h11-12H,6-10H2,1-5H3,(H,17,18). The van der Waals surface area contributed by atoms with Gasteiger partial charge in [0, 0.05) is 26.7 Å². The van der Waals surface area contributed by atoms with E-state index in [1.54, 1.807) is 4.90 Å². The summed E-state index contributed by atoms with van der Waals surface area (Å²) in [6.07, 6.45) is 0. The molecule has 2 amide bonds. The topological polar surface area (TPSA) is 70.1 Å². The number of hydrogen-bond donors (Lipinski definition) is 1. The Morgan fingerprint density at radius 2 is 1.55 bits per heavy atom. The number of rotatable bonds is 9. The fourth-order valence-electron chi connectivity index (χ4n) is 1.92. The predicted octanol–water partition coefficient (Wildman–Crippen LogP) is 1.75.